The molecule has 0 aromatic heterocycles. The number of hydrogen-bond donors (Lipinski definition) is 1. The van der Waals surface area contributed by atoms with Crippen LogP contribution in [-0.2, 0) is 16.1 Å². The number of ether oxygens (including phenoxy) is 2. The van der Waals surface area contributed by atoms with E-state index in [2.05, 4.69) is 20.8 Å². The van der Waals surface area contributed by atoms with Gasteiger partial charge in [0.1, 0.15) is 0 Å². The van der Waals surface area contributed by atoms with Crippen LogP contribution in [0.1, 0.15) is 49.5 Å². The molecule has 0 radical (unpaired) electrons. The average Bonchev–Trinajstić information content (AvgIpc) is 2.53. The summed E-state index contributed by atoms with van der Waals surface area (Å²) in [4.78, 5) is 12.0. The lowest BCUT2D eigenvalue weighted by molar-refractivity contribution is 0.0296. The predicted molar refractivity (Wildman–Crippen MR) is 82.2 cm³/mol. The first-order valence-electron chi connectivity index (χ1n) is 7.49. The summed E-state index contributed by atoms with van der Waals surface area (Å²) in [6.07, 6.45) is 1.97. The third kappa shape index (κ3) is 5.86. The zero-order chi connectivity index (χ0) is 15.7. The fourth-order valence-corrected chi connectivity index (χ4v) is 1.77. The largest absolute Gasteiger partial charge is 0.462 e. The van der Waals surface area contributed by atoms with E-state index in [4.69, 9.17) is 14.6 Å². The molecule has 0 spiro atoms. The second-order valence-corrected chi connectivity index (χ2v) is 5.57. The van der Waals surface area contributed by atoms with Crippen molar-refractivity contribution in [1.29, 1.82) is 0 Å². The van der Waals surface area contributed by atoms with Crippen LogP contribution < -0.4 is 0 Å². The fourth-order valence-electron chi connectivity index (χ4n) is 1.77. The van der Waals surface area contributed by atoms with Crippen molar-refractivity contribution in [3.63, 3.8) is 0 Å². The van der Waals surface area contributed by atoms with Gasteiger partial charge in [0.2, 0.25) is 0 Å². The van der Waals surface area contributed by atoms with Crippen molar-refractivity contribution in [2.75, 3.05) is 19.8 Å². The molecule has 4 heteroatoms. The Balaban J connectivity index is 2.51. The number of benzene rings is 1. The van der Waals surface area contributed by atoms with Crippen LogP contribution in [0.3, 0.4) is 0 Å². The zero-order valence-corrected chi connectivity index (χ0v) is 13.2. The van der Waals surface area contributed by atoms with Gasteiger partial charge in [-0.1, -0.05) is 32.9 Å². The van der Waals surface area contributed by atoms with Crippen molar-refractivity contribution in [3.05, 3.63) is 35.4 Å². The lowest BCUT2D eigenvalue weighted by atomic mass is 9.86. The number of esters is 1. The summed E-state index contributed by atoms with van der Waals surface area (Å²) in [6, 6.07) is 7.17. The van der Waals surface area contributed by atoms with Crippen LogP contribution in [0.15, 0.2) is 24.3 Å². The molecule has 0 saturated heterocycles. The Morgan fingerprint density at radius 2 is 1.81 bits per heavy atom. The molecule has 0 aliphatic rings. The Hall–Kier alpha value is -1.39. The summed E-state index contributed by atoms with van der Waals surface area (Å²) in [5.41, 5.74) is 1.57. The lowest BCUT2D eigenvalue weighted by Gasteiger charge is -2.25. The third-order valence-corrected chi connectivity index (χ3v) is 3.95. The van der Waals surface area contributed by atoms with Gasteiger partial charge in [-0.05, 0) is 30.5 Å². The molecule has 0 fully saturated rings. The van der Waals surface area contributed by atoms with E-state index in [0.717, 1.165) is 18.4 Å². The van der Waals surface area contributed by atoms with Crippen molar-refractivity contribution in [2.45, 2.75) is 40.2 Å². The second-order valence-electron chi connectivity index (χ2n) is 5.57. The van der Waals surface area contributed by atoms with E-state index < -0.39 is 0 Å². The fraction of sp³-hybridized carbons (Fsp3) is 0.588. The monoisotopic (exact) mass is 294 g/mol. The smallest absolute Gasteiger partial charge is 0.338 e. The summed E-state index contributed by atoms with van der Waals surface area (Å²) in [7, 11) is 0. The zero-order valence-electron chi connectivity index (χ0n) is 13.2. The van der Waals surface area contributed by atoms with E-state index in [0.29, 0.717) is 25.4 Å². The minimum atomic E-state index is -0.286. The Bertz CT molecular complexity index is 421. The van der Waals surface area contributed by atoms with Crippen LogP contribution in [-0.4, -0.2) is 30.9 Å². The summed E-state index contributed by atoms with van der Waals surface area (Å²) in [6.45, 7) is 7.55. The molecule has 1 aromatic carbocycles. The normalized spacial score (nSPS) is 11.4. The summed E-state index contributed by atoms with van der Waals surface area (Å²) in [5, 5.41) is 8.64. The maximum atomic E-state index is 12.0. The minimum Gasteiger partial charge on any atom is -0.462 e. The first kappa shape index (κ1) is 17.7. The number of aliphatic hydroxyl groups excluding tert-OH is 1. The van der Waals surface area contributed by atoms with Gasteiger partial charge in [-0.25, -0.2) is 4.79 Å². The van der Waals surface area contributed by atoms with Gasteiger partial charge in [0.05, 0.1) is 32.0 Å². The third-order valence-electron chi connectivity index (χ3n) is 3.95. The Kier molecular flexibility index (Phi) is 7.40. The molecule has 0 bridgehead atoms. The molecule has 0 atom stereocenters. The molecule has 0 aliphatic carbocycles. The van der Waals surface area contributed by atoms with Gasteiger partial charge in [-0.2, -0.15) is 0 Å². The second kappa shape index (κ2) is 8.80. The molecule has 0 saturated carbocycles. The molecular weight excluding hydrogens is 268 g/mol. The lowest BCUT2D eigenvalue weighted by Crippen LogP contribution is -2.23. The summed E-state index contributed by atoms with van der Waals surface area (Å²) in [5.74, 6) is -0.286. The Labute approximate surface area is 127 Å². The quantitative estimate of drug-likeness (QED) is 0.561. The highest BCUT2D eigenvalue weighted by Gasteiger charge is 2.22. The van der Waals surface area contributed by atoms with Gasteiger partial charge in [0.15, 0.2) is 0 Å². The molecule has 118 valence electrons. The Morgan fingerprint density at radius 3 is 2.33 bits per heavy atom. The molecular formula is C17H26O4. The highest BCUT2D eigenvalue weighted by molar-refractivity contribution is 5.89. The van der Waals surface area contributed by atoms with Gasteiger partial charge in [0, 0.05) is 5.41 Å². The van der Waals surface area contributed by atoms with Crippen molar-refractivity contribution in [3.8, 4) is 0 Å². The minimum absolute atomic E-state index is 0.0119. The number of rotatable bonds is 9. The van der Waals surface area contributed by atoms with Crippen LogP contribution in [0, 0.1) is 5.41 Å². The van der Waals surface area contributed by atoms with Crippen molar-refractivity contribution in [1.82, 2.24) is 0 Å². The van der Waals surface area contributed by atoms with E-state index in [1.54, 1.807) is 12.1 Å². The summed E-state index contributed by atoms with van der Waals surface area (Å²) >= 11 is 0. The molecule has 0 aliphatic heterocycles. The molecule has 21 heavy (non-hydrogen) atoms. The average molecular weight is 294 g/mol. The number of carbonyl (C=O) groups excluding carboxylic acids is 1. The van der Waals surface area contributed by atoms with Gasteiger partial charge in [-0.3, -0.25) is 0 Å². The molecule has 0 heterocycles. The molecule has 1 N–H and O–H groups in total. The van der Waals surface area contributed by atoms with Crippen LogP contribution in [0.25, 0.3) is 0 Å². The predicted octanol–water partition coefficient (Wildman–Crippen LogP) is 3.18. The van der Waals surface area contributed by atoms with Gasteiger partial charge >= 0.3 is 5.97 Å². The molecule has 0 unspecified atom stereocenters. The molecule has 4 nitrogen and oxygen atoms in total. The molecule has 1 rings (SSSR count). The first-order chi connectivity index (χ1) is 10.0. The van der Waals surface area contributed by atoms with Crippen molar-refractivity contribution >= 4 is 5.97 Å². The van der Waals surface area contributed by atoms with Gasteiger partial charge in [0.25, 0.3) is 0 Å². The van der Waals surface area contributed by atoms with E-state index in [-0.39, 0.29) is 18.0 Å². The molecule has 1 aromatic rings. The van der Waals surface area contributed by atoms with Crippen LogP contribution in [0.4, 0.5) is 0 Å². The molecule has 0 amide bonds. The van der Waals surface area contributed by atoms with E-state index in [1.165, 1.54) is 0 Å². The summed E-state index contributed by atoms with van der Waals surface area (Å²) < 4.78 is 10.6. The maximum Gasteiger partial charge on any atom is 0.338 e. The van der Waals surface area contributed by atoms with Gasteiger partial charge in [-0.15, -0.1) is 0 Å². The van der Waals surface area contributed by atoms with E-state index in [9.17, 15) is 4.79 Å². The van der Waals surface area contributed by atoms with Crippen LogP contribution >= 0.6 is 0 Å². The van der Waals surface area contributed by atoms with Gasteiger partial charge < -0.3 is 14.6 Å². The number of hydrogen-bond acceptors (Lipinski definition) is 4. The Morgan fingerprint density at radius 1 is 1.19 bits per heavy atom. The SMILES string of the molecule is CCC(C)(CC)COC(=O)c1ccc(COCCO)cc1. The highest BCUT2D eigenvalue weighted by Crippen LogP contribution is 2.25. The topological polar surface area (TPSA) is 55.8 Å². The van der Waals surface area contributed by atoms with Crippen molar-refractivity contribution in [2.24, 2.45) is 5.41 Å². The number of aliphatic hydroxyl groups is 1. The van der Waals surface area contributed by atoms with Crippen LogP contribution in [0.2, 0.25) is 0 Å². The van der Waals surface area contributed by atoms with Crippen LogP contribution in [0.5, 0.6) is 0 Å². The number of carbonyl (C=O) groups is 1. The van der Waals surface area contributed by atoms with E-state index >= 15 is 0 Å². The first-order valence-corrected chi connectivity index (χ1v) is 7.49. The highest BCUT2D eigenvalue weighted by atomic mass is 16.5. The van der Waals surface area contributed by atoms with E-state index in [1.807, 2.05) is 12.1 Å². The standard InChI is InChI=1S/C17H26O4/c1-4-17(3,5-2)13-21-16(19)15-8-6-14(7-9-15)12-20-11-10-18/h6-9,18H,4-5,10-13H2,1-3H3. The van der Waals surface area contributed by atoms with Crippen molar-refractivity contribution < 1.29 is 19.4 Å². The maximum absolute atomic E-state index is 12.0.